The number of anilines is 1. The Morgan fingerprint density at radius 1 is 1.00 bits per heavy atom. The number of carbonyl (C=O) groups is 1. The maximum absolute atomic E-state index is 13.2. The number of aromatic nitrogens is 1. The third-order valence-corrected chi connectivity index (χ3v) is 6.22. The van der Waals surface area contributed by atoms with E-state index in [0.29, 0.717) is 39.8 Å². The van der Waals surface area contributed by atoms with Crippen LogP contribution >= 0.6 is 11.6 Å². The summed E-state index contributed by atoms with van der Waals surface area (Å²) in [4.78, 5) is 33.0. The van der Waals surface area contributed by atoms with Crippen LogP contribution < -0.4 is 20.3 Å². The van der Waals surface area contributed by atoms with Gasteiger partial charge in [0.25, 0.3) is 5.56 Å². The van der Waals surface area contributed by atoms with Crippen LogP contribution in [0.1, 0.15) is 25.8 Å². The van der Waals surface area contributed by atoms with Crippen molar-refractivity contribution >= 4 is 34.2 Å². The number of amides is 2. The van der Waals surface area contributed by atoms with Gasteiger partial charge in [0.2, 0.25) is 0 Å². The van der Waals surface area contributed by atoms with Gasteiger partial charge in [0.05, 0.1) is 26.3 Å². The molecule has 1 heterocycles. The van der Waals surface area contributed by atoms with E-state index in [1.54, 1.807) is 55.5 Å². The van der Waals surface area contributed by atoms with Crippen molar-refractivity contribution in [3.05, 3.63) is 63.4 Å². The van der Waals surface area contributed by atoms with Gasteiger partial charge in [0.1, 0.15) is 0 Å². The fourth-order valence-corrected chi connectivity index (χ4v) is 4.04. The van der Waals surface area contributed by atoms with Gasteiger partial charge in [-0.3, -0.25) is 4.79 Å². The fraction of sp³-hybridized carbons (Fsp3) is 0.385. The lowest BCUT2D eigenvalue weighted by Crippen LogP contribution is -2.38. The minimum atomic E-state index is -0.279. The molecule has 0 aliphatic rings. The number of fused-ring (bicyclic) bond motifs is 1. The summed E-state index contributed by atoms with van der Waals surface area (Å²) >= 11 is 5.97. The van der Waals surface area contributed by atoms with E-state index in [0.717, 1.165) is 31.4 Å². The summed E-state index contributed by atoms with van der Waals surface area (Å²) in [5.74, 6) is 1.10. The van der Waals surface area contributed by atoms with E-state index in [1.807, 2.05) is 6.07 Å². The van der Waals surface area contributed by atoms with E-state index < -0.39 is 0 Å². The highest BCUT2D eigenvalue weighted by Gasteiger charge is 2.18. The topological polar surface area (TPSA) is 86.9 Å². The van der Waals surface area contributed by atoms with Gasteiger partial charge in [0.15, 0.2) is 11.5 Å². The molecule has 2 N–H and O–H groups in total. The van der Waals surface area contributed by atoms with Crippen LogP contribution in [0.25, 0.3) is 10.9 Å². The standard InChI is InChI=1S/C26H33ClN4O4/c1-5-30(6-2)12-7-13-31(26(33)28-21-10-8-20(27)9-11-21)17-19-14-18-15-23(34-3)24(35-4)16-22(18)29-25(19)32/h8-11,14-16H,5-7,12-13,17H2,1-4H3,(H,28,33)(H,29,32). The van der Waals surface area contributed by atoms with E-state index in [4.69, 9.17) is 21.1 Å². The molecule has 3 rings (SSSR count). The molecule has 1 aromatic heterocycles. The normalized spacial score (nSPS) is 11.0. The molecule has 0 aliphatic carbocycles. The van der Waals surface area contributed by atoms with Crippen molar-refractivity contribution in [1.29, 1.82) is 0 Å². The highest BCUT2D eigenvalue weighted by molar-refractivity contribution is 6.30. The molecule has 0 spiro atoms. The van der Waals surface area contributed by atoms with Crippen molar-refractivity contribution in [2.75, 3.05) is 45.7 Å². The molecular weight excluding hydrogens is 468 g/mol. The number of urea groups is 1. The minimum Gasteiger partial charge on any atom is -0.493 e. The molecule has 2 amide bonds. The monoisotopic (exact) mass is 500 g/mol. The van der Waals surface area contributed by atoms with Gasteiger partial charge in [-0.05, 0) is 62.5 Å². The summed E-state index contributed by atoms with van der Waals surface area (Å²) in [6.07, 6.45) is 0.784. The molecule has 188 valence electrons. The van der Waals surface area contributed by atoms with Crippen LogP contribution in [0.5, 0.6) is 11.5 Å². The number of H-pyrrole nitrogens is 1. The smallest absolute Gasteiger partial charge is 0.322 e. The molecular formula is C26H33ClN4O4. The van der Waals surface area contributed by atoms with Gasteiger partial charge in [-0.15, -0.1) is 0 Å². The minimum absolute atomic E-state index is 0.164. The van der Waals surface area contributed by atoms with Gasteiger partial charge < -0.3 is 29.6 Å². The molecule has 0 fully saturated rings. The Hall–Kier alpha value is -3.23. The number of nitrogens with one attached hydrogen (secondary N) is 2. The van der Waals surface area contributed by atoms with E-state index in [2.05, 4.69) is 29.0 Å². The van der Waals surface area contributed by atoms with E-state index in [-0.39, 0.29) is 18.1 Å². The van der Waals surface area contributed by atoms with Crippen molar-refractivity contribution in [3.63, 3.8) is 0 Å². The van der Waals surface area contributed by atoms with Crippen molar-refractivity contribution in [2.24, 2.45) is 0 Å². The van der Waals surface area contributed by atoms with Gasteiger partial charge >= 0.3 is 6.03 Å². The molecule has 3 aromatic rings. The van der Waals surface area contributed by atoms with Crippen LogP contribution in [-0.2, 0) is 6.54 Å². The number of halogens is 1. The van der Waals surface area contributed by atoms with Crippen LogP contribution in [-0.4, -0.2) is 61.2 Å². The number of nitrogens with zero attached hydrogens (tertiary/aromatic N) is 2. The lowest BCUT2D eigenvalue weighted by Gasteiger charge is -2.25. The average molecular weight is 501 g/mol. The molecule has 0 atom stereocenters. The Labute approximate surface area is 210 Å². The largest absolute Gasteiger partial charge is 0.493 e. The number of hydrogen-bond donors (Lipinski definition) is 2. The van der Waals surface area contributed by atoms with Crippen LogP contribution in [0.4, 0.5) is 10.5 Å². The number of pyridine rings is 1. The molecule has 2 aromatic carbocycles. The molecule has 0 bridgehead atoms. The number of carbonyl (C=O) groups excluding carboxylic acids is 1. The van der Waals surface area contributed by atoms with Gasteiger partial charge in [-0.2, -0.15) is 0 Å². The second-order valence-corrected chi connectivity index (χ2v) is 8.59. The van der Waals surface area contributed by atoms with Crippen molar-refractivity contribution in [2.45, 2.75) is 26.8 Å². The molecule has 9 heteroatoms. The predicted octanol–water partition coefficient (Wildman–Crippen LogP) is 4.96. The first kappa shape index (κ1) is 26.4. The third kappa shape index (κ3) is 6.90. The van der Waals surface area contributed by atoms with Crippen LogP contribution in [0, 0.1) is 0 Å². The molecule has 8 nitrogen and oxygen atoms in total. The van der Waals surface area contributed by atoms with Crippen molar-refractivity contribution < 1.29 is 14.3 Å². The Bertz CT molecular complexity index is 1190. The fourth-order valence-electron chi connectivity index (χ4n) is 3.91. The number of benzene rings is 2. The SMILES string of the molecule is CCN(CC)CCCN(Cc1cc2cc(OC)c(OC)cc2[nH]c1=O)C(=O)Nc1ccc(Cl)cc1. The number of hydrogen-bond acceptors (Lipinski definition) is 5. The summed E-state index contributed by atoms with van der Waals surface area (Å²) in [5.41, 5.74) is 1.50. The highest BCUT2D eigenvalue weighted by atomic mass is 35.5. The summed E-state index contributed by atoms with van der Waals surface area (Å²) in [5, 5.41) is 4.29. The lowest BCUT2D eigenvalue weighted by molar-refractivity contribution is 0.202. The maximum Gasteiger partial charge on any atom is 0.322 e. The van der Waals surface area contributed by atoms with Gasteiger partial charge in [0, 0.05) is 34.3 Å². The van der Waals surface area contributed by atoms with E-state index >= 15 is 0 Å². The van der Waals surface area contributed by atoms with Gasteiger partial charge in [-0.1, -0.05) is 25.4 Å². The number of rotatable bonds is 11. The van der Waals surface area contributed by atoms with Crippen molar-refractivity contribution in [3.8, 4) is 11.5 Å². The number of methoxy groups -OCH3 is 2. The molecule has 0 saturated heterocycles. The Morgan fingerprint density at radius 2 is 1.66 bits per heavy atom. The summed E-state index contributed by atoms with van der Waals surface area (Å²) in [6.45, 7) is 7.66. The van der Waals surface area contributed by atoms with E-state index in [9.17, 15) is 9.59 Å². The van der Waals surface area contributed by atoms with Crippen LogP contribution in [0.15, 0.2) is 47.3 Å². The predicted molar refractivity (Wildman–Crippen MR) is 141 cm³/mol. The maximum atomic E-state index is 13.2. The summed E-state index contributed by atoms with van der Waals surface area (Å²) in [6, 6.07) is 12.0. The third-order valence-electron chi connectivity index (χ3n) is 5.97. The molecule has 0 radical (unpaired) electrons. The Morgan fingerprint density at radius 3 is 2.29 bits per heavy atom. The molecule has 0 saturated carbocycles. The number of aromatic amines is 1. The zero-order valence-corrected chi connectivity index (χ0v) is 21.4. The first-order valence-corrected chi connectivity index (χ1v) is 12.1. The second kappa shape index (κ2) is 12.5. The second-order valence-electron chi connectivity index (χ2n) is 8.16. The van der Waals surface area contributed by atoms with Crippen LogP contribution in [0.2, 0.25) is 5.02 Å². The summed E-state index contributed by atoms with van der Waals surface area (Å²) < 4.78 is 10.7. The van der Waals surface area contributed by atoms with Gasteiger partial charge in [-0.25, -0.2) is 4.79 Å². The molecule has 0 aliphatic heterocycles. The van der Waals surface area contributed by atoms with Crippen LogP contribution in [0.3, 0.4) is 0 Å². The zero-order chi connectivity index (χ0) is 25.4. The average Bonchev–Trinajstić information content (AvgIpc) is 2.86. The van der Waals surface area contributed by atoms with E-state index in [1.165, 1.54) is 0 Å². The zero-order valence-electron chi connectivity index (χ0n) is 20.7. The first-order chi connectivity index (χ1) is 16.9. The first-order valence-electron chi connectivity index (χ1n) is 11.7. The Kier molecular flexibility index (Phi) is 9.39. The molecule has 0 unspecified atom stereocenters. The Balaban J connectivity index is 1.86. The molecule has 35 heavy (non-hydrogen) atoms. The number of ether oxygens (including phenoxy) is 2. The van der Waals surface area contributed by atoms with Crippen molar-refractivity contribution in [1.82, 2.24) is 14.8 Å². The summed E-state index contributed by atoms with van der Waals surface area (Å²) in [7, 11) is 3.11. The lowest BCUT2D eigenvalue weighted by atomic mass is 10.1. The highest BCUT2D eigenvalue weighted by Crippen LogP contribution is 2.31. The quantitative estimate of drug-likeness (QED) is 0.388.